The molecule has 6 heteroatoms. The van der Waals surface area contributed by atoms with E-state index in [-0.39, 0.29) is 20.9 Å². The van der Waals surface area contributed by atoms with Gasteiger partial charge in [-0.2, -0.15) is 5.26 Å². The molecule has 1 N–H and O–H groups in total. The van der Waals surface area contributed by atoms with Crippen molar-refractivity contribution in [3.05, 3.63) is 28.8 Å². The summed E-state index contributed by atoms with van der Waals surface area (Å²) in [4.78, 5) is 0.100. The van der Waals surface area contributed by atoms with Crippen molar-refractivity contribution in [1.29, 1.82) is 5.26 Å². The highest BCUT2D eigenvalue weighted by Crippen LogP contribution is 2.37. The number of hydrogen-bond acceptors (Lipinski definition) is 3. The third-order valence-corrected chi connectivity index (χ3v) is 5.58. The molecule has 1 saturated carbocycles. The monoisotopic (exact) mass is 312 g/mol. The first-order valence-electron chi connectivity index (χ1n) is 6.56. The van der Waals surface area contributed by atoms with Crippen LogP contribution in [0.25, 0.3) is 0 Å². The Balaban J connectivity index is 2.14. The topological polar surface area (TPSA) is 70.0 Å². The van der Waals surface area contributed by atoms with E-state index in [1.54, 1.807) is 0 Å². The third kappa shape index (κ3) is 3.32. The van der Waals surface area contributed by atoms with Crippen LogP contribution in [-0.4, -0.2) is 15.0 Å². The van der Waals surface area contributed by atoms with Crippen molar-refractivity contribution in [2.24, 2.45) is 5.41 Å². The van der Waals surface area contributed by atoms with Crippen LogP contribution in [0.3, 0.4) is 0 Å². The molecule has 0 aromatic heterocycles. The molecule has 2 rings (SSSR count). The van der Waals surface area contributed by atoms with Gasteiger partial charge in [-0.25, -0.2) is 13.1 Å². The Morgan fingerprint density at radius 2 is 2.05 bits per heavy atom. The van der Waals surface area contributed by atoms with E-state index in [1.165, 1.54) is 18.2 Å². The van der Waals surface area contributed by atoms with Crippen LogP contribution in [0.5, 0.6) is 0 Å². The molecule has 0 aliphatic heterocycles. The second-order valence-electron chi connectivity index (χ2n) is 5.60. The Morgan fingerprint density at radius 1 is 1.40 bits per heavy atom. The first-order chi connectivity index (χ1) is 9.36. The van der Waals surface area contributed by atoms with Crippen molar-refractivity contribution in [1.82, 2.24) is 4.72 Å². The van der Waals surface area contributed by atoms with Crippen LogP contribution < -0.4 is 4.72 Å². The van der Waals surface area contributed by atoms with Crippen molar-refractivity contribution in [3.63, 3.8) is 0 Å². The lowest BCUT2D eigenvalue weighted by Crippen LogP contribution is -2.34. The van der Waals surface area contributed by atoms with Crippen molar-refractivity contribution >= 4 is 21.6 Å². The van der Waals surface area contributed by atoms with Gasteiger partial charge in [-0.1, -0.05) is 31.4 Å². The van der Waals surface area contributed by atoms with Gasteiger partial charge in [0.25, 0.3) is 0 Å². The molecule has 0 amide bonds. The first kappa shape index (κ1) is 15.3. The molecule has 0 atom stereocenters. The maximum Gasteiger partial charge on any atom is 0.240 e. The number of nitrogens with zero attached hydrogens (tertiary/aromatic N) is 1. The summed E-state index contributed by atoms with van der Waals surface area (Å²) in [5.74, 6) is 0. The van der Waals surface area contributed by atoms with Gasteiger partial charge in [0.15, 0.2) is 0 Å². The van der Waals surface area contributed by atoms with Crippen LogP contribution >= 0.6 is 11.6 Å². The predicted octanol–water partition coefficient (Wildman–Crippen LogP) is 3.07. The molecule has 4 nitrogen and oxygen atoms in total. The smallest absolute Gasteiger partial charge is 0.211 e. The zero-order valence-electron chi connectivity index (χ0n) is 11.3. The van der Waals surface area contributed by atoms with Crippen LogP contribution in [0, 0.1) is 16.7 Å². The largest absolute Gasteiger partial charge is 0.240 e. The Kier molecular flexibility index (Phi) is 4.38. The summed E-state index contributed by atoms with van der Waals surface area (Å²) in [5, 5.41) is 8.95. The number of benzene rings is 1. The summed E-state index contributed by atoms with van der Waals surface area (Å²) in [6.07, 6.45) is 4.40. The molecule has 1 aromatic carbocycles. The molecule has 1 aliphatic rings. The van der Waals surface area contributed by atoms with Crippen molar-refractivity contribution in [3.8, 4) is 6.07 Å². The molecule has 0 unspecified atom stereocenters. The van der Waals surface area contributed by atoms with Gasteiger partial charge < -0.3 is 0 Å². The molecule has 1 aromatic rings. The first-order valence-corrected chi connectivity index (χ1v) is 8.42. The molecule has 1 aliphatic carbocycles. The van der Waals surface area contributed by atoms with Gasteiger partial charge in [0.2, 0.25) is 10.0 Å². The lowest BCUT2D eigenvalue weighted by molar-refractivity contribution is 0.336. The fourth-order valence-electron chi connectivity index (χ4n) is 2.51. The number of sulfonamides is 1. The Hall–Kier alpha value is -1.09. The van der Waals surface area contributed by atoms with Crippen molar-refractivity contribution in [2.45, 2.75) is 37.5 Å². The van der Waals surface area contributed by atoms with Gasteiger partial charge in [0.1, 0.15) is 6.07 Å². The Bertz CT molecular complexity index is 644. The fourth-order valence-corrected chi connectivity index (χ4v) is 4.02. The number of rotatable bonds is 4. The van der Waals surface area contributed by atoms with E-state index in [0.29, 0.717) is 6.54 Å². The molecule has 20 heavy (non-hydrogen) atoms. The summed E-state index contributed by atoms with van der Waals surface area (Å²) < 4.78 is 27.1. The normalized spacial score (nSPS) is 17.9. The number of halogens is 1. The summed E-state index contributed by atoms with van der Waals surface area (Å²) in [6.45, 7) is 2.54. The van der Waals surface area contributed by atoms with E-state index in [2.05, 4.69) is 11.6 Å². The van der Waals surface area contributed by atoms with Crippen LogP contribution in [0.15, 0.2) is 23.1 Å². The summed E-state index contributed by atoms with van der Waals surface area (Å²) in [7, 11) is -3.58. The predicted molar refractivity (Wildman–Crippen MR) is 77.9 cm³/mol. The minimum absolute atomic E-state index is 0.0451. The second-order valence-corrected chi connectivity index (χ2v) is 7.77. The highest BCUT2D eigenvalue weighted by atomic mass is 35.5. The quantitative estimate of drug-likeness (QED) is 0.928. The number of nitrogens with one attached hydrogen (secondary N) is 1. The molecule has 0 radical (unpaired) electrons. The maximum atomic E-state index is 12.2. The van der Waals surface area contributed by atoms with E-state index in [9.17, 15) is 8.42 Å². The molecular formula is C14H17ClN2O2S. The average molecular weight is 313 g/mol. The van der Waals surface area contributed by atoms with E-state index in [0.717, 1.165) is 25.7 Å². The van der Waals surface area contributed by atoms with Gasteiger partial charge in [-0.3, -0.25) is 0 Å². The van der Waals surface area contributed by atoms with E-state index in [1.807, 2.05) is 6.07 Å². The van der Waals surface area contributed by atoms with Crippen LogP contribution in [-0.2, 0) is 10.0 Å². The number of nitriles is 1. The molecule has 0 spiro atoms. The van der Waals surface area contributed by atoms with E-state index in [4.69, 9.17) is 16.9 Å². The van der Waals surface area contributed by atoms with Gasteiger partial charge in [0, 0.05) is 6.54 Å². The molecule has 1 fully saturated rings. The lowest BCUT2D eigenvalue weighted by Gasteiger charge is -2.23. The Morgan fingerprint density at radius 3 is 2.60 bits per heavy atom. The van der Waals surface area contributed by atoms with Crippen LogP contribution in [0.4, 0.5) is 0 Å². The number of hydrogen-bond donors (Lipinski definition) is 1. The molecule has 0 heterocycles. The van der Waals surface area contributed by atoms with Crippen molar-refractivity contribution < 1.29 is 8.42 Å². The Labute approximate surface area is 124 Å². The van der Waals surface area contributed by atoms with Crippen LogP contribution in [0.1, 0.15) is 38.2 Å². The molecule has 0 bridgehead atoms. The minimum Gasteiger partial charge on any atom is -0.211 e. The van der Waals surface area contributed by atoms with Crippen molar-refractivity contribution in [2.75, 3.05) is 6.54 Å². The SMILES string of the molecule is CC1(CNS(=O)(=O)c2ccc(C#N)c(Cl)c2)CCCC1. The van der Waals surface area contributed by atoms with E-state index >= 15 is 0 Å². The lowest BCUT2D eigenvalue weighted by atomic mass is 9.89. The summed E-state index contributed by atoms with van der Waals surface area (Å²) in [5.41, 5.74) is 0.317. The molecule has 0 saturated heterocycles. The zero-order chi connectivity index (χ0) is 14.8. The summed E-state index contributed by atoms with van der Waals surface area (Å²) in [6, 6.07) is 6.06. The standard InChI is InChI=1S/C14H17ClN2O2S/c1-14(6-2-3-7-14)10-17-20(18,19)12-5-4-11(9-16)13(15)8-12/h4-5,8,17H,2-3,6-7,10H2,1H3. The van der Waals surface area contributed by atoms with Gasteiger partial charge >= 0.3 is 0 Å². The average Bonchev–Trinajstić information content (AvgIpc) is 2.84. The van der Waals surface area contributed by atoms with Gasteiger partial charge in [-0.15, -0.1) is 0 Å². The van der Waals surface area contributed by atoms with E-state index < -0.39 is 10.0 Å². The maximum absolute atomic E-state index is 12.2. The molecule has 108 valence electrons. The zero-order valence-corrected chi connectivity index (χ0v) is 12.9. The highest BCUT2D eigenvalue weighted by molar-refractivity contribution is 7.89. The molecular weight excluding hydrogens is 296 g/mol. The fraction of sp³-hybridized carbons (Fsp3) is 0.500. The highest BCUT2D eigenvalue weighted by Gasteiger charge is 2.30. The second kappa shape index (κ2) is 5.72. The summed E-state index contributed by atoms with van der Waals surface area (Å²) >= 11 is 5.88. The van der Waals surface area contributed by atoms with Gasteiger partial charge in [0.05, 0.1) is 15.5 Å². The van der Waals surface area contributed by atoms with Crippen LogP contribution in [0.2, 0.25) is 5.02 Å². The minimum atomic E-state index is -3.58. The van der Waals surface area contributed by atoms with Gasteiger partial charge in [-0.05, 0) is 36.5 Å². The third-order valence-electron chi connectivity index (χ3n) is 3.87.